The SMILES string of the molecule is COC(=O)c1ccc(SC)cc1Cl. The molecule has 0 N–H and O–H groups in total. The summed E-state index contributed by atoms with van der Waals surface area (Å²) in [6.45, 7) is 0. The molecule has 0 bridgehead atoms. The van der Waals surface area contributed by atoms with Crippen molar-refractivity contribution in [2.45, 2.75) is 4.90 Å². The Balaban J connectivity index is 3.05. The molecule has 0 heterocycles. The predicted molar refractivity (Wildman–Crippen MR) is 54.6 cm³/mol. The van der Waals surface area contributed by atoms with Gasteiger partial charge in [0.15, 0.2) is 0 Å². The van der Waals surface area contributed by atoms with Crippen LogP contribution >= 0.6 is 23.4 Å². The Bertz CT molecular complexity index is 325. The standard InChI is InChI=1S/C9H9ClO2S/c1-12-9(11)7-4-3-6(13-2)5-8(7)10/h3-5H,1-2H3. The molecule has 0 unspecified atom stereocenters. The van der Waals surface area contributed by atoms with Crippen LogP contribution in [0.5, 0.6) is 0 Å². The van der Waals surface area contributed by atoms with Gasteiger partial charge < -0.3 is 4.74 Å². The summed E-state index contributed by atoms with van der Waals surface area (Å²) in [6, 6.07) is 5.25. The van der Waals surface area contributed by atoms with Crippen molar-refractivity contribution >= 4 is 29.3 Å². The van der Waals surface area contributed by atoms with Gasteiger partial charge >= 0.3 is 5.97 Å². The molecule has 0 spiro atoms. The van der Waals surface area contributed by atoms with Crippen molar-refractivity contribution in [1.82, 2.24) is 0 Å². The summed E-state index contributed by atoms with van der Waals surface area (Å²) in [5, 5.41) is 0.429. The van der Waals surface area contributed by atoms with E-state index in [-0.39, 0.29) is 0 Å². The third-order valence-corrected chi connectivity index (χ3v) is 2.62. The second kappa shape index (κ2) is 4.53. The minimum Gasteiger partial charge on any atom is -0.465 e. The quantitative estimate of drug-likeness (QED) is 0.562. The number of rotatable bonds is 2. The maximum Gasteiger partial charge on any atom is 0.339 e. The lowest BCUT2D eigenvalue weighted by molar-refractivity contribution is 0.0601. The van der Waals surface area contributed by atoms with Crippen LogP contribution in [0.3, 0.4) is 0 Å². The molecule has 0 atom stereocenters. The van der Waals surface area contributed by atoms with Crippen LogP contribution in [0.2, 0.25) is 5.02 Å². The summed E-state index contributed by atoms with van der Waals surface area (Å²) < 4.78 is 4.56. The van der Waals surface area contributed by atoms with Crippen molar-refractivity contribution < 1.29 is 9.53 Å². The van der Waals surface area contributed by atoms with Gasteiger partial charge in [0, 0.05) is 4.90 Å². The molecule has 70 valence electrons. The van der Waals surface area contributed by atoms with E-state index in [1.807, 2.05) is 12.3 Å². The number of halogens is 1. The Labute approximate surface area is 86.2 Å². The summed E-state index contributed by atoms with van der Waals surface area (Å²) in [4.78, 5) is 12.1. The number of carbonyl (C=O) groups excluding carboxylic acids is 1. The Morgan fingerprint density at radius 2 is 2.23 bits per heavy atom. The molecule has 0 aromatic heterocycles. The van der Waals surface area contributed by atoms with Crippen LogP contribution in [0.25, 0.3) is 0 Å². The van der Waals surface area contributed by atoms with E-state index in [1.54, 1.807) is 23.9 Å². The molecule has 0 saturated carbocycles. The van der Waals surface area contributed by atoms with E-state index in [0.717, 1.165) is 4.90 Å². The fourth-order valence-electron chi connectivity index (χ4n) is 0.898. The second-order valence-electron chi connectivity index (χ2n) is 2.34. The zero-order chi connectivity index (χ0) is 9.84. The zero-order valence-corrected chi connectivity index (χ0v) is 8.91. The number of carbonyl (C=O) groups is 1. The van der Waals surface area contributed by atoms with E-state index in [2.05, 4.69) is 4.74 Å². The third-order valence-electron chi connectivity index (χ3n) is 1.58. The maximum atomic E-state index is 11.1. The Morgan fingerprint density at radius 3 is 2.69 bits per heavy atom. The van der Waals surface area contributed by atoms with E-state index in [0.29, 0.717) is 10.6 Å². The minimum atomic E-state index is -0.405. The van der Waals surface area contributed by atoms with Gasteiger partial charge in [0.05, 0.1) is 17.7 Å². The molecule has 1 aromatic rings. The molecule has 1 aromatic carbocycles. The van der Waals surface area contributed by atoms with E-state index in [1.165, 1.54) is 7.11 Å². The number of hydrogen-bond donors (Lipinski definition) is 0. The number of thioether (sulfide) groups is 1. The van der Waals surface area contributed by atoms with Crippen molar-refractivity contribution in [2.75, 3.05) is 13.4 Å². The zero-order valence-electron chi connectivity index (χ0n) is 7.33. The fourth-order valence-corrected chi connectivity index (χ4v) is 1.66. The topological polar surface area (TPSA) is 26.3 Å². The van der Waals surface area contributed by atoms with Crippen LogP contribution in [0.4, 0.5) is 0 Å². The van der Waals surface area contributed by atoms with Crippen molar-refractivity contribution in [2.24, 2.45) is 0 Å². The van der Waals surface area contributed by atoms with Crippen molar-refractivity contribution in [1.29, 1.82) is 0 Å². The molecule has 0 saturated heterocycles. The molecular formula is C9H9ClO2S. The van der Waals surface area contributed by atoms with Crippen LogP contribution in [-0.4, -0.2) is 19.3 Å². The van der Waals surface area contributed by atoms with E-state index in [4.69, 9.17) is 11.6 Å². The largest absolute Gasteiger partial charge is 0.465 e. The molecule has 0 fully saturated rings. The number of esters is 1. The molecule has 0 radical (unpaired) electrons. The molecule has 0 aliphatic heterocycles. The monoisotopic (exact) mass is 216 g/mol. The minimum absolute atomic E-state index is 0.405. The number of methoxy groups -OCH3 is 1. The van der Waals surface area contributed by atoms with Gasteiger partial charge in [0.2, 0.25) is 0 Å². The molecule has 0 aliphatic carbocycles. The predicted octanol–water partition coefficient (Wildman–Crippen LogP) is 2.85. The summed E-state index contributed by atoms with van der Waals surface area (Å²) in [5.41, 5.74) is 0.405. The highest BCUT2D eigenvalue weighted by atomic mass is 35.5. The Kier molecular flexibility index (Phi) is 3.63. The van der Waals surface area contributed by atoms with Gasteiger partial charge in [0.25, 0.3) is 0 Å². The molecular weight excluding hydrogens is 208 g/mol. The molecule has 4 heteroatoms. The van der Waals surface area contributed by atoms with Crippen molar-refractivity contribution in [3.8, 4) is 0 Å². The lowest BCUT2D eigenvalue weighted by Crippen LogP contribution is -2.01. The summed E-state index contributed by atoms with van der Waals surface area (Å²) >= 11 is 7.44. The summed E-state index contributed by atoms with van der Waals surface area (Å²) in [5.74, 6) is -0.405. The van der Waals surface area contributed by atoms with Crippen molar-refractivity contribution in [3.05, 3.63) is 28.8 Å². The normalized spacial score (nSPS) is 9.77. The lowest BCUT2D eigenvalue weighted by Gasteiger charge is -2.03. The van der Waals surface area contributed by atoms with Crippen LogP contribution in [-0.2, 0) is 4.74 Å². The van der Waals surface area contributed by atoms with Gasteiger partial charge in [-0.15, -0.1) is 11.8 Å². The van der Waals surface area contributed by atoms with Gasteiger partial charge in [-0.05, 0) is 24.5 Å². The van der Waals surface area contributed by atoms with Gasteiger partial charge in [-0.3, -0.25) is 0 Å². The number of ether oxygens (including phenoxy) is 1. The first-order valence-electron chi connectivity index (χ1n) is 3.61. The van der Waals surface area contributed by atoms with Crippen LogP contribution in [0, 0.1) is 0 Å². The Morgan fingerprint density at radius 1 is 1.54 bits per heavy atom. The molecule has 1 rings (SSSR count). The van der Waals surface area contributed by atoms with E-state index >= 15 is 0 Å². The third kappa shape index (κ3) is 2.39. The van der Waals surface area contributed by atoms with Crippen molar-refractivity contribution in [3.63, 3.8) is 0 Å². The van der Waals surface area contributed by atoms with E-state index in [9.17, 15) is 4.79 Å². The highest BCUT2D eigenvalue weighted by Crippen LogP contribution is 2.23. The summed E-state index contributed by atoms with van der Waals surface area (Å²) in [6.07, 6.45) is 1.95. The second-order valence-corrected chi connectivity index (χ2v) is 3.62. The highest BCUT2D eigenvalue weighted by molar-refractivity contribution is 7.98. The fraction of sp³-hybridized carbons (Fsp3) is 0.222. The van der Waals surface area contributed by atoms with Crippen LogP contribution in [0.1, 0.15) is 10.4 Å². The highest BCUT2D eigenvalue weighted by Gasteiger charge is 2.09. The number of hydrogen-bond acceptors (Lipinski definition) is 3. The molecule has 0 aliphatic rings. The van der Waals surface area contributed by atoms with Crippen LogP contribution in [0.15, 0.2) is 23.1 Å². The average molecular weight is 217 g/mol. The first-order chi connectivity index (χ1) is 6.19. The number of benzene rings is 1. The molecule has 0 amide bonds. The maximum absolute atomic E-state index is 11.1. The summed E-state index contributed by atoms with van der Waals surface area (Å²) in [7, 11) is 1.33. The lowest BCUT2D eigenvalue weighted by atomic mass is 10.2. The average Bonchev–Trinajstić information content (AvgIpc) is 2.16. The first kappa shape index (κ1) is 10.4. The molecule has 2 nitrogen and oxygen atoms in total. The van der Waals surface area contributed by atoms with Gasteiger partial charge in [-0.1, -0.05) is 11.6 Å². The van der Waals surface area contributed by atoms with Gasteiger partial charge in [-0.25, -0.2) is 4.79 Å². The molecule has 13 heavy (non-hydrogen) atoms. The van der Waals surface area contributed by atoms with Crippen LogP contribution < -0.4 is 0 Å². The van der Waals surface area contributed by atoms with Gasteiger partial charge in [-0.2, -0.15) is 0 Å². The van der Waals surface area contributed by atoms with Gasteiger partial charge in [0.1, 0.15) is 0 Å². The Hall–Kier alpha value is -0.670. The smallest absolute Gasteiger partial charge is 0.339 e. The van der Waals surface area contributed by atoms with E-state index < -0.39 is 5.97 Å². The first-order valence-corrected chi connectivity index (χ1v) is 5.21.